The van der Waals surface area contributed by atoms with E-state index in [0.717, 1.165) is 30.6 Å². The minimum Gasteiger partial charge on any atom is -0.237 e. The second kappa shape index (κ2) is 5.30. The lowest BCUT2D eigenvalue weighted by atomic mass is 9.83. The van der Waals surface area contributed by atoms with Crippen molar-refractivity contribution in [2.75, 3.05) is 0 Å². The Hall–Kier alpha value is -1.79. The Labute approximate surface area is 123 Å². The molecule has 0 spiro atoms. The summed E-state index contributed by atoms with van der Waals surface area (Å²) < 4.78 is 2.00. The van der Waals surface area contributed by atoms with Gasteiger partial charge in [0.15, 0.2) is 0 Å². The van der Waals surface area contributed by atoms with Gasteiger partial charge in [0.05, 0.1) is 17.5 Å². The van der Waals surface area contributed by atoms with Gasteiger partial charge in [0.25, 0.3) is 0 Å². The Bertz CT molecular complexity index is 682. The van der Waals surface area contributed by atoms with Gasteiger partial charge in [-0.15, -0.1) is 0 Å². The van der Waals surface area contributed by atoms with Crippen molar-refractivity contribution in [3.8, 4) is 11.8 Å². The number of nitriles is 1. The molecule has 1 unspecified atom stereocenters. The topological polar surface area (TPSA) is 41.6 Å². The van der Waals surface area contributed by atoms with Crippen molar-refractivity contribution < 1.29 is 0 Å². The van der Waals surface area contributed by atoms with Gasteiger partial charge in [-0.2, -0.15) is 10.4 Å². The van der Waals surface area contributed by atoms with Crippen molar-refractivity contribution in [3.05, 3.63) is 46.2 Å². The van der Waals surface area contributed by atoms with Crippen LogP contribution in [0.1, 0.15) is 42.1 Å². The zero-order chi connectivity index (χ0) is 14.1. The molecule has 1 aromatic heterocycles. The van der Waals surface area contributed by atoms with Crippen molar-refractivity contribution in [1.29, 1.82) is 5.26 Å². The van der Waals surface area contributed by atoms with Gasteiger partial charge in [-0.05, 0) is 44.4 Å². The SMILES string of the molecule is Cc1nn(-c2cccc(Cl)c2)c2c1C(CC#N)CCC2. The Morgan fingerprint density at radius 3 is 3.10 bits per heavy atom. The zero-order valence-corrected chi connectivity index (χ0v) is 12.2. The molecule has 2 aromatic rings. The molecule has 1 aliphatic rings. The third-order valence-electron chi connectivity index (χ3n) is 3.97. The molecule has 1 heterocycles. The average Bonchev–Trinajstić information content (AvgIpc) is 2.78. The Kier molecular flexibility index (Phi) is 3.50. The molecule has 0 N–H and O–H groups in total. The molecule has 102 valence electrons. The van der Waals surface area contributed by atoms with Crippen LogP contribution < -0.4 is 0 Å². The smallest absolute Gasteiger partial charge is 0.0663 e. The lowest BCUT2D eigenvalue weighted by molar-refractivity contribution is 0.549. The molecule has 0 saturated carbocycles. The maximum absolute atomic E-state index is 9.00. The Morgan fingerprint density at radius 1 is 1.50 bits per heavy atom. The summed E-state index contributed by atoms with van der Waals surface area (Å²) in [5.41, 5.74) is 4.56. The van der Waals surface area contributed by atoms with Gasteiger partial charge >= 0.3 is 0 Å². The second-order valence-electron chi connectivity index (χ2n) is 5.29. The fourth-order valence-corrected chi connectivity index (χ4v) is 3.34. The molecule has 0 radical (unpaired) electrons. The number of aromatic nitrogens is 2. The van der Waals surface area contributed by atoms with Crippen LogP contribution >= 0.6 is 11.6 Å². The summed E-state index contributed by atoms with van der Waals surface area (Å²) >= 11 is 6.08. The fourth-order valence-electron chi connectivity index (χ4n) is 3.15. The highest BCUT2D eigenvalue weighted by Crippen LogP contribution is 2.37. The van der Waals surface area contributed by atoms with E-state index in [-0.39, 0.29) is 0 Å². The predicted octanol–water partition coefficient (Wildman–Crippen LogP) is 4.17. The van der Waals surface area contributed by atoms with Crippen LogP contribution in [-0.4, -0.2) is 9.78 Å². The second-order valence-corrected chi connectivity index (χ2v) is 5.73. The summed E-state index contributed by atoms with van der Waals surface area (Å²) in [5, 5.41) is 14.4. The van der Waals surface area contributed by atoms with Crippen LogP contribution in [-0.2, 0) is 6.42 Å². The molecule has 3 nitrogen and oxygen atoms in total. The number of hydrogen-bond donors (Lipinski definition) is 0. The molecule has 0 saturated heterocycles. The van der Waals surface area contributed by atoms with Crippen molar-refractivity contribution in [3.63, 3.8) is 0 Å². The van der Waals surface area contributed by atoms with E-state index in [9.17, 15) is 0 Å². The first kappa shape index (κ1) is 13.2. The number of hydrogen-bond acceptors (Lipinski definition) is 2. The molecule has 0 fully saturated rings. The van der Waals surface area contributed by atoms with E-state index >= 15 is 0 Å². The third-order valence-corrected chi connectivity index (χ3v) is 4.21. The van der Waals surface area contributed by atoms with Gasteiger partial charge in [0.1, 0.15) is 0 Å². The number of benzene rings is 1. The highest BCUT2D eigenvalue weighted by molar-refractivity contribution is 6.30. The first-order chi connectivity index (χ1) is 9.70. The molecule has 1 aliphatic carbocycles. The number of aryl methyl sites for hydroxylation is 1. The monoisotopic (exact) mass is 285 g/mol. The predicted molar refractivity (Wildman–Crippen MR) is 79.2 cm³/mol. The third kappa shape index (κ3) is 2.21. The summed E-state index contributed by atoms with van der Waals surface area (Å²) in [4.78, 5) is 0. The average molecular weight is 286 g/mol. The van der Waals surface area contributed by atoms with Gasteiger partial charge in [-0.1, -0.05) is 17.7 Å². The Balaban J connectivity index is 2.11. The van der Waals surface area contributed by atoms with Crippen molar-refractivity contribution in [2.45, 2.75) is 38.5 Å². The summed E-state index contributed by atoms with van der Waals surface area (Å²) in [5.74, 6) is 0.330. The first-order valence-corrected chi connectivity index (χ1v) is 7.30. The van der Waals surface area contributed by atoms with E-state index in [0.29, 0.717) is 17.4 Å². The van der Waals surface area contributed by atoms with Crippen molar-refractivity contribution in [1.82, 2.24) is 9.78 Å². The molecular weight excluding hydrogens is 270 g/mol. The lowest BCUT2D eigenvalue weighted by Gasteiger charge is -2.21. The lowest BCUT2D eigenvalue weighted by Crippen LogP contribution is -2.12. The van der Waals surface area contributed by atoms with E-state index in [4.69, 9.17) is 16.9 Å². The minimum atomic E-state index is 0.330. The van der Waals surface area contributed by atoms with Crippen LogP contribution in [0.3, 0.4) is 0 Å². The van der Waals surface area contributed by atoms with Crippen LogP contribution in [0.15, 0.2) is 24.3 Å². The highest BCUT2D eigenvalue weighted by atomic mass is 35.5. The fraction of sp³-hybridized carbons (Fsp3) is 0.375. The summed E-state index contributed by atoms with van der Waals surface area (Å²) in [6.45, 7) is 2.04. The van der Waals surface area contributed by atoms with Gasteiger partial charge in [-0.3, -0.25) is 0 Å². The molecule has 1 aromatic carbocycles. The molecule has 3 rings (SSSR count). The standard InChI is InChI=1S/C16H16ClN3/c1-11-16-12(8-9-18)4-2-7-15(16)20(19-11)14-6-3-5-13(17)10-14/h3,5-6,10,12H,2,4,7-8H2,1H3. The summed E-state index contributed by atoms with van der Waals surface area (Å²) in [6.07, 6.45) is 3.80. The van der Waals surface area contributed by atoms with Crippen LogP contribution in [0.2, 0.25) is 5.02 Å². The molecule has 0 amide bonds. The number of rotatable bonds is 2. The first-order valence-electron chi connectivity index (χ1n) is 6.92. The maximum atomic E-state index is 9.00. The Morgan fingerprint density at radius 2 is 2.35 bits per heavy atom. The van der Waals surface area contributed by atoms with Crippen LogP contribution in [0.5, 0.6) is 0 Å². The van der Waals surface area contributed by atoms with E-state index in [1.807, 2.05) is 35.9 Å². The van der Waals surface area contributed by atoms with E-state index in [1.54, 1.807) is 0 Å². The van der Waals surface area contributed by atoms with E-state index in [2.05, 4.69) is 11.2 Å². The van der Waals surface area contributed by atoms with Crippen LogP contribution in [0, 0.1) is 18.3 Å². The quantitative estimate of drug-likeness (QED) is 0.831. The van der Waals surface area contributed by atoms with Gasteiger partial charge in [0, 0.05) is 28.6 Å². The molecule has 20 heavy (non-hydrogen) atoms. The van der Waals surface area contributed by atoms with Gasteiger partial charge in [-0.25, -0.2) is 4.68 Å². The normalized spacial score (nSPS) is 17.6. The summed E-state index contributed by atoms with van der Waals surface area (Å²) in [6, 6.07) is 10.1. The molecule has 4 heteroatoms. The minimum absolute atomic E-state index is 0.330. The highest BCUT2D eigenvalue weighted by Gasteiger charge is 2.27. The molecular formula is C16H16ClN3. The van der Waals surface area contributed by atoms with E-state index < -0.39 is 0 Å². The van der Waals surface area contributed by atoms with Gasteiger partial charge in [0.2, 0.25) is 0 Å². The van der Waals surface area contributed by atoms with Crippen LogP contribution in [0.25, 0.3) is 5.69 Å². The molecule has 1 atom stereocenters. The summed E-state index contributed by atoms with van der Waals surface area (Å²) in [7, 11) is 0. The van der Waals surface area contributed by atoms with Crippen molar-refractivity contribution >= 4 is 11.6 Å². The number of halogens is 1. The molecule has 0 bridgehead atoms. The number of nitrogens with zero attached hydrogens (tertiary/aromatic N) is 3. The number of fused-ring (bicyclic) bond motifs is 1. The van der Waals surface area contributed by atoms with Crippen LogP contribution in [0.4, 0.5) is 0 Å². The maximum Gasteiger partial charge on any atom is 0.0663 e. The van der Waals surface area contributed by atoms with Crippen molar-refractivity contribution in [2.24, 2.45) is 0 Å². The largest absolute Gasteiger partial charge is 0.237 e. The van der Waals surface area contributed by atoms with Gasteiger partial charge < -0.3 is 0 Å². The zero-order valence-electron chi connectivity index (χ0n) is 11.4. The van der Waals surface area contributed by atoms with E-state index in [1.165, 1.54) is 11.3 Å². The molecule has 0 aliphatic heterocycles.